The van der Waals surface area contributed by atoms with Crippen LogP contribution in [0.1, 0.15) is 65.9 Å². The first kappa shape index (κ1) is 26.2. The first-order valence-electron chi connectivity index (χ1n) is 10.7. The summed E-state index contributed by atoms with van der Waals surface area (Å²) in [5.74, 6) is 0.0581. The minimum Gasteiger partial charge on any atom is -0.462 e. The topological polar surface area (TPSA) is 84.5 Å². The minimum absolute atomic E-state index is 0.317. The van der Waals surface area contributed by atoms with E-state index in [0.717, 1.165) is 43.5 Å². The van der Waals surface area contributed by atoms with Gasteiger partial charge in [0.15, 0.2) is 0 Å². The van der Waals surface area contributed by atoms with Crippen LogP contribution >= 0.6 is 0 Å². The largest absolute Gasteiger partial charge is 0.462 e. The molecule has 1 aromatic carbocycles. The second-order valence-electron chi connectivity index (χ2n) is 8.60. The summed E-state index contributed by atoms with van der Waals surface area (Å²) in [6, 6.07) is 7.84. The van der Waals surface area contributed by atoms with Gasteiger partial charge < -0.3 is 10.1 Å². The monoisotopic (exact) mass is 438 g/mol. The van der Waals surface area contributed by atoms with Crippen molar-refractivity contribution >= 4 is 27.8 Å². The van der Waals surface area contributed by atoms with Crippen LogP contribution in [0.5, 0.6) is 0 Å². The molecule has 0 saturated heterocycles. The molecule has 0 aliphatic rings. The van der Waals surface area contributed by atoms with Crippen molar-refractivity contribution in [3.63, 3.8) is 0 Å². The number of hydrogen-bond donors (Lipinski definition) is 2. The van der Waals surface area contributed by atoms with Crippen LogP contribution in [0, 0.1) is 5.92 Å². The Morgan fingerprint density at radius 3 is 2.33 bits per heavy atom. The van der Waals surface area contributed by atoms with E-state index in [2.05, 4.69) is 23.9 Å². The zero-order chi connectivity index (χ0) is 22.6. The van der Waals surface area contributed by atoms with Crippen LogP contribution in [0.15, 0.2) is 30.3 Å². The van der Waals surface area contributed by atoms with Gasteiger partial charge in [0, 0.05) is 24.9 Å². The average Bonchev–Trinajstić information content (AvgIpc) is 2.69. The van der Waals surface area contributed by atoms with Gasteiger partial charge in [-0.15, -0.1) is 0 Å². The Balaban J connectivity index is 2.24. The SMILES string of the molecule is CCC(C)COC(=O)/C=C/c1ccc(NCCCCCNS(=O)(=O)C(C)(C)C)cc1. The lowest BCUT2D eigenvalue weighted by atomic mass is 10.1. The molecule has 6 nitrogen and oxygen atoms in total. The molecule has 0 fully saturated rings. The molecular formula is C23H38N2O4S. The Bertz CT molecular complexity index is 765. The molecular weight excluding hydrogens is 400 g/mol. The number of hydrogen-bond acceptors (Lipinski definition) is 5. The number of nitrogens with one attached hydrogen (secondary N) is 2. The average molecular weight is 439 g/mol. The zero-order valence-electron chi connectivity index (χ0n) is 19.0. The number of anilines is 1. The van der Waals surface area contributed by atoms with Crippen LogP contribution < -0.4 is 10.0 Å². The van der Waals surface area contributed by atoms with E-state index < -0.39 is 14.8 Å². The Hall–Kier alpha value is -1.86. The number of carbonyl (C=O) groups excluding carboxylic acids is 1. The fourth-order valence-corrected chi connectivity index (χ4v) is 3.20. The highest BCUT2D eigenvalue weighted by molar-refractivity contribution is 7.90. The maximum Gasteiger partial charge on any atom is 0.330 e. The Labute approximate surface area is 182 Å². The van der Waals surface area contributed by atoms with E-state index >= 15 is 0 Å². The number of sulfonamides is 1. The first-order valence-corrected chi connectivity index (χ1v) is 12.2. The molecule has 170 valence electrons. The smallest absolute Gasteiger partial charge is 0.330 e. The highest BCUT2D eigenvalue weighted by Gasteiger charge is 2.27. The van der Waals surface area contributed by atoms with E-state index in [4.69, 9.17) is 4.74 Å². The van der Waals surface area contributed by atoms with Crippen molar-refractivity contribution in [3.8, 4) is 0 Å². The van der Waals surface area contributed by atoms with E-state index in [0.29, 0.717) is 19.1 Å². The number of carbonyl (C=O) groups is 1. The lowest BCUT2D eigenvalue weighted by Gasteiger charge is -2.19. The van der Waals surface area contributed by atoms with E-state index in [1.165, 1.54) is 6.08 Å². The zero-order valence-corrected chi connectivity index (χ0v) is 19.8. The molecule has 30 heavy (non-hydrogen) atoms. The summed E-state index contributed by atoms with van der Waals surface area (Å²) in [5.41, 5.74) is 1.95. The maximum atomic E-state index is 12.0. The lowest BCUT2D eigenvalue weighted by molar-refractivity contribution is -0.138. The lowest BCUT2D eigenvalue weighted by Crippen LogP contribution is -2.39. The fraction of sp³-hybridized carbons (Fsp3) is 0.609. The van der Waals surface area contributed by atoms with Crippen LogP contribution in [0.4, 0.5) is 5.69 Å². The highest BCUT2D eigenvalue weighted by atomic mass is 32.2. The summed E-state index contributed by atoms with van der Waals surface area (Å²) in [6.45, 7) is 11.0. The first-order chi connectivity index (χ1) is 14.0. The van der Waals surface area contributed by atoms with Gasteiger partial charge in [0.1, 0.15) is 0 Å². The molecule has 0 amide bonds. The molecule has 7 heteroatoms. The third kappa shape index (κ3) is 10.3. The number of benzene rings is 1. The maximum absolute atomic E-state index is 12.0. The van der Waals surface area contributed by atoms with Crippen molar-refractivity contribution < 1.29 is 17.9 Å². The fourth-order valence-electron chi connectivity index (χ4n) is 2.35. The van der Waals surface area contributed by atoms with Crippen LogP contribution in [-0.2, 0) is 19.6 Å². The molecule has 1 atom stereocenters. The van der Waals surface area contributed by atoms with E-state index in [-0.39, 0.29) is 5.97 Å². The van der Waals surface area contributed by atoms with Gasteiger partial charge in [-0.05, 0) is 63.3 Å². The second-order valence-corrected chi connectivity index (χ2v) is 11.1. The second kappa shape index (κ2) is 12.7. The van der Waals surface area contributed by atoms with Gasteiger partial charge >= 0.3 is 5.97 Å². The van der Waals surface area contributed by atoms with Crippen molar-refractivity contribution in [2.75, 3.05) is 25.0 Å². The number of esters is 1. The molecule has 0 spiro atoms. The highest BCUT2D eigenvalue weighted by Crippen LogP contribution is 2.13. The predicted octanol–water partition coefficient (Wildman–Crippen LogP) is 4.59. The normalized spacial score (nSPS) is 13.4. The van der Waals surface area contributed by atoms with Crippen LogP contribution in [0.25, 0.3) is 6.08 Å². The minimum atomic E-state index is -3.26. The van der Waals surface area contributed by atoms with Gasteiger partial charge in [-0.25, -0.2) is 17.9 Å². The Kier molecular flexibility index (Phi) is 11.1. The molecule has 0 aliphatic carbocycles. The van der Waals surface area contributed by atoms with Crippen LogP contribution in [0.2, 0.25) is 0 Å². The Morgan fingerprint density at radius 1 is 1.10 bits per heavy atom. The quantitative estimate of drug-likeness (QED) is 0.267. The third-order valence-corrected chi connectivity index (χ3v) is 7.01. The molecule has 0 aromatic heterocycles. The van der Waals surface area contributed by atoms with Crippen molar-refractivity contribution in [2.45, 2.75) is 65.0 Å². The van der Waals surface area contributed by atoms with Gasteiger partial charge in [0.2, 0.25) is 10.0 Å². The summed E-state index contributed by atoms with van der Waals surface area (Å²) in [5, 5.41) is 3.35. The molecule has 0 radical (unpaired) electrons. The molecule has 0 aliphatic heterocycles. The standard InChI is InChI=1S/C23H38N2O4S/c1-6-19(2)18-29-22(26)15-12-20-10-13-21(14-11-20)24-16-8-7-9-17-25-30(27,28)23(3,4)5/h10-15,19,24-25H,6-9,16-18H2,1-5H3/b15-12+. The van der Waals surface area contributed by atoms with Gasteiger partial charge in [-0.2, -0.15) is 0 Å². The van der Waals surface area contributed by atoms with Gasteiger partial charge in [0.25, 0.3) is 0 Å². The molecule has 0 saturated carbocycles. The molecule has 1 aromatic rings. The van der Waals surface area contributed by atoms with Gasteiger partial charge in [0.05, 0.1) is 11.4 Å². The summed E-state index contributed by atoms with van der Waals surface area (Å²) in [7, 11) is -3.26. The predicted molar refractivity (Wildman–Crippen MR) is 125 cm³/mol. The van der Waals surface area contributed by atoms with E-state index in [1.807, 2.05) is 24.3 Å². The molecule has 2 N–H and O–H groups in total. The summed E-state index contributed by atoms with van der Waals surface area (Å²) >= 11 is 0. The number of ether oxygens (including phenoxy) is 1. The van der Waals surface area contributed by atoms with Gasteiger partial charge in [-0.1, -0.05) is 38.8 Å². The molecule has 1 unspecified atom stereocenters. The molecule has 0 bridgehead atoms. The van der Waals surface area contributed by atoms with Crippen LogP contribution in [0.3, 0.4) is 0 Å². The van der Waals surface area contributed by atoms with E-state index in [1.54, 1.807) is 26.8 Å². The number of rotatable bonds is 13. The van der Waals surface area contributed by atoms with Crippen molar-refractivity contribution in [2.24, 2.45) is 5.92 Å². The van der Waals surface area contributed by atoms with Crippen LogP contribution in [-0.4, -0.2) is 38.8 Å². The van der Waals surface area contributed by atoms with Gasteiger partial charge in [-0.3, -0.25) is 0 Å². The number of unbranched alkanes of at least 4 members (excludes halogenated alkanes) is 2. The summed E-state index contributed by atoms with van der Waals surface area (Å²) < 4.78 is 31.0. The third-order valence-electron chi connectivity index (χ3n) is 4.81. The van der Waals surface area contributed by atoms with Crippen molar-refractivity contribution in [3.05, 3.63) is 35.9 Å². The summed E-state index contributed by atoms with van der Waals surface area (Å²) in [4.78, 5) is 11.7. The molecule has 0 heterocycles. The molecule has 1 rings (SSSR count). The van der Waals surface area contributed by atoms with E-state index in [9.17, 15) is 13.2 Å². The Morgan fingerprint density at radius 2 is 1.73 bits per heavy atom. The van der Waals surface area contributed by atoms with Crippen molar-refractivity contribution in [1.29, 1.82) is 0 Å². The van der Waals surface area contributed by atoms with Crippen molar-refractivity contribution in [1.82, 2.24) is 4.72 Å². The summed E-state index contributed by atoms with van der Waals surface area (Å²) in [6.07, 6.45) is 6.91.